The molecule has 0 saturated heterocycles. The number of carbonyl (C=O) groups excluding carboxylic acids is 2. The number of benzene rings is 3. The van der Waals surface area contributed by atoms with Crippen molar-refractivity contribution in [2.75, 3.05) is 24.5 Å². The maximum Gasteiger partial charge on any atom is 0.264 e. The maximum absolute atomic E-state index is 13.9. The molecule has 1 atom stereocenters. The third-order valence-electron chi connectivity index (χ3n) is 6.30. The van der Waals surface area contributed by atoms with E-state index >= 15 is 0 Å². The molecule has 2 amide bonds. The fraction of sp³-hybridized carbons (Fsp3) is 0.333. The molecule has 0 aliphatic rings. The van der Waals surface area contributed by atoms with Crippen LogP contribution in [0.2, 0.25) is 0 Å². The summed E-state index contributed by atoms with van der Waals surface area (Å²) in [6.45, 7) is 7.63. The molecular formula is C30H37N3O5S. The van der Waals surface area contributed by atoms with Gasteiger partial charge in [0.25, 0.3) is 10.0 Å². The molecule has 9 heteroatoms. The molecule has 0 saturated carbocycles. The summed E-state index contributed by atoms with van der Waals surface area (Å²) in [4.78, 5) is 28.4. The zero-order valence-corrected chi connectivity index (χ0v) is 23.9. The van der Waals surface area contributed by atoms with E-state index in [1.165, 1.54) is 17.0 Å². The molecule has 0 spiro atoms. The van der Waals surface area contributed by atoms with Crippen molar-refractivity contribution in [2.45, 2.75) is 45.2 Å². The van der Waals surface area contributed by atoms with Crippen LogP contribution < -0.4 is 14.4 Å². The third kappa shape index (κ3) is 7.83. The minimum absolute atomic E-state index is 0.0720. The van der Waals surface area contributed by atoms with Gasteiger partial charge in [0.05, 0.1) is 17.7 Å². The highest BCUT2D eigenvalue weighted by Crippen LogP contribution is 2.25. The Kier molecular flexibility index (Phi) is 10.1. The fourth-order valence-corrected chi connectivity index (χ4v) is 5.36. The van der Waals surface area contributed by atoms with Crippen molar-refractivity contribution in [2.24, 2.45) is 5.92 Å². The number of amides is 2. The number of nitrogens with one attached hydrogen (secondary N) is 1. The normalized spacial score (nSPS) is 12.1. The first-order chi connectivity index (χ1) is 18.5. The molecule has 0 aromatic heterocycles. The van der Waals surface area contributed by atoms with Crippen molar-refractivity contribution in [3.8, 4) is 5.75 Å². The molecule has 1 unspecified atom stereocenters. The summed E-state index contributed by atoms with van der Waals surface area (Å²) < 4.78 is 33.8. The van der Waals surface area contributed by atoms with Gasteiger partial charge in [-0.1, -0.05) is 61.9 Å². The molecule has 0 fully saturated rings. The number of ether oxygens (including phenoxy) is 1. The van der Waals surface area contributed by atoms with Crippen LogP contribution in [0.1, 0.15) is 31.9 Å². The topological polar surface area (TPSA) is 96.0 Å². The number of aryl methyl sites for hydroxylation is 1. The van der Waals surface area contributed by atoms with Gasteiger partial charge in [0.2, 0.25) is 11.8 Å². The molecule has 3 aromatic carbocycles. The number of methoxy groups -OCH3 is 1. The van der Waals surface area contributed by atoms with Crippen LogP contribution in [0.25, 0.3) is 0 Å². The Hall–Kier alpha value is -3.85. The summed E-state index contributed by atoms with van der Waals surface area (Å²) in [5.41, 5.74) is 2.10. The highest BCUT2D eigenvalue weighted by atomic mass is 32.2. The van der Waals surface area contributed by atoms with Gasteiger partial charge >= 0.3 is 0 Å². The Morgan fingerprint density at radius 1 is 0.897 bits per heavy atom. The molecule has 208 valence electrons. The van der Waals surface area contributed by atoms with E-state index in [0.29, 0.717) is 18.0 Å². The van der Waals surface area contributed by atoms with Gasteiger partial charge in [-0.15, -0.1) is 0 Å². The van der Waals surface area contributed by atoms with Crippen LogP contribution in [-0.2, 0) is 26.2 Å². The van der Waals surface area contributed by atoms with E-state index in [1.807, 2.05) is 32.9 Å². The van der Waals surface area contributed by atoms with E-state index in [0.717, 1.165) is 15.4 Å². The Morgan fingerprint density at radius 3 is 2.08 bits per heavy atom. The van der Waals surface area contributed by atoms with Crippen molar-refractivity contribution in [3.05, 3.63) is 90.0 Å². The number of anilines is 1. The van der Waals surface area contributed by atoms with Crippen LogP contribution in [0, 0.1) is 12.8 Å². The minimum Gasteiger partial charge on any atom is -0.497 e. The smallest absolute Gasteiger partial charge is 0.264 e. The Balaban J connectivity index is 1.98. The summed E-state index contributed by atoms with van der Waals surface area (Å²) >= 11 is 0. The molecule has 0 bridgehead atoms. The van der Waals surface area contributed by atoms with E-state index in [1.54, 1.807) is 68.6 Å². The number of hydrogen-bond acceptors (Lipinski definition) is 5. The van der Waals surface area contributed by atoms with Gasteiger partial charge in [-0.2, -0.15) is 0 Å². The number of hydrogen-bond donors (Lipinski definition) is 1. The third-order valence-corrected chi connectivity index (χ3v) is 8.08. The van der Waals surface area contributed by atoms with Gasteiger partial charge in [-0.25, -0.2) is 8.42 Å². The zero-order valence-electron chi connectivity index (χ0n) is 23.1. The summed E-state index contributed by atoms with van der Waals surface area (Å²) in [5, 5.41) is 2.88. The van der Waals surface area contributed by atoms with Crippen molar-refractivity contribution in [1.82, 2.24) is 10.2 Å². The van der Waals surface area contributed by atoms with Gasteiger partial charge in [-0.05, 0) is 61.7 Å². The molecule has 0 heterocycles. The predicted molar refractivity (Wildman–Crippen MR) is 153 cm³/mol. The van der Waals surface area contributed by atoms with Crippen molar-refractivity contribution in [1.29, 1.82) is 0 Å². The van der Waals surface area contributed by atoms with Crippen LogP contribution in [0.3, 0.4) is 0 Å². The summed E-state index contributed by atoms with van der Waals surface area (Å²) in [6.07, 6.45) is 0. The molecule has 3 rings (SSSR count). The van der Waals surface area contributed by atoms with Crippen LogP contribution >= 0.6 is 0 Å². The second-order valence-corrected chi connectivity index (χ2v) is 11.7. The lowest BCUT2D eigenvalue weighted by atomic mass is 10.1. The molecule has 0 aliphatic heterocycles. The lowest BCUT2D eigenvalue weighted by Gasteiger charge is -2.32. The molecule has 0 radical (unpaired) electrons. The van der Waals surface area contributed by atoms with E-state index in [4.69, 9.17) is 4.74 Å². The summed E-state index contributed by atoms with van der Waals surface area (Å²) in [7, 11) is -2.51. The maximum atomic E-state index is 13.9. The minimum atomic E-state index is -4.08. The molecule has 3 aromatic rings. The molecular weight excluding hydrogens is 514 g/mol. The molecule has 1 N–H and O–H groups in total. The average molecular weight is 552 g/mol. The van der Waals surface area contributed by atoms with Gasteiger partial charge < -0.3 is 15.0 Å². The lowest BCUT2D eigenvalue weighted by molar-refractivity contribution is -0.139. The Bertz CT molecular complexity index is 1340. The first-order valence-corrected chi connectivity index (χ1v) is 14.3. The van der Waals surface area contributed by atoms with Crippen LogP contribution in [-0.4, -0.2) is 51.4 Å². The van der Waals surface area contributed by atoms with Crippen molar-refractivity contribution < 1.29 is 22.7 Å². The fourth-order valence-electron chi connectivity index (χ4n) is 3.92. The van der Waals surface area contributed by atoms with Crippen LogP contribution in [0.15, 0.2) is 83.8 Å². The van der Waals surface area contributed by atoms with E-state index in [-0.39, 0.29) is 23.3 Å². The van der Waals surface area contributed by atoms with E-state index < -0.39 is 28.5 Å². The van der Waals surface area contributed by atoms with Crippen molar-refractivity contribution >= 4 is 27.5 Å². The number of nitrogens with zero attached hydrogens (tertiary/aromatic N) is 2. The number of rotatable bonds is 12. The van der Waals surface area contributed by atoms with Gasteiger partial charge in [0.15, 0.2) is 0 Å². The first kappa shape index (κ1) is 29.7. The molecule has 0 aliphatic carbocycles. The highest BCUT2D eigenvalue weighted by molar-refractivity contribution is 7.92. The Morgan fingerprint density at radius 2 is 1.51 bits per heavy atom. The van der Waals surface area contributed by atoms with Gasteiger partial charge in [0.1, 0.15) is 18.3 Å². The van der Waals surface area contributed by atoms with E-state index in [9.17, 15) is 18.0 Å². The molecule has 8 nitrogen and oxygen atoms in total. The highest BCUT2D eigenvalue weighted by Gasteiger charge is 2.32. The number of carbonyl (C=O) groups is 2. The summed E-state index contributed by atoms with van der Waals surface area (Å²) in [5.74, 6) is 0.0928. The quantitative estimate of drug-likeness (QED) is 0.360. The number of sulfonamides is 1. The second kappa shape index (κ2) is 13.3. The van der Waals surface area contributed by atoms with Crippen molar-refractivity contribution in [3.63, 3.8) is 0 Å². The van der Waals surface area contributed by atoms with Gasteiger partial charge in [0, 0.05) is 13.1 Å². The lowest BCUT2D eigenvalue weighted by Crippen LogP contribution is -2.51. The standard InChI is InChI=1S/C30H37N3O5S/c1-22(2)19-31-30(35)24(4)32(20-25-13-17-27(38-5)18-14-25)29(34)21-33(26-15-11-23(3)12-16-26)39(36,37)28-9-7-6-8-10-28/h6-18,22,24H,19-21H2,1-5H3,(H,31,35). The van der Waals surface area contributed by atoms with Crippen LogP contribution in [0.4, 0.5) is 5.69 Å². The largest absolute Gasteiger partial charge is 0.497 e. The Labute approximate surface area is 231 Å². The van der Waals surface area contributed by atoms with Crippen LogP contribution in [0.5, 0.6) is 5.75 Å². The average Bonchev–Trinajstić information content (AvgIpc) is 2.94. The SMILES string of the molecule is COc1ccc(CN(C(=O)CN(c2ccc(C)cc2)S(=O)(=O)c2ccccc2)C(C)C(=O)NCC(C)C)cc1. The monoisotopic (exact) mass is 551 g/mol. The summed E-state index contributed by atoms with van der Waals surface area (Å²) in [6, 6.07) is 21.3. The predicted octanol–water partition coefficient (Wildman–Crippen LogP) is 4.39. The van der Waals surface area contributed by atoms with Gasteiger partial charge in [-0.3, -0.25) is 13.9 Å². The molecule has 39 heavy (non-hydrogen) atoms. The first-order valence-electron chi connectivity index (χ1n) is 12.9. The van der Waals surface area contributed by atoms with E-state index in [2.05, 4.69) is 5.32 Å². The second-order valence-electron chi connectivity index (χ2n) is 9.84. The zero-order chi connectivity index (χ0) is 28.6.